The third-order valence-corrected chi connectivity index (χ3v) is 2.66. The standard InChI is InChI=1S/C11H13FN.CH3.K/c1-2-13-7-6-10-9(8-13)4-3-5-11(10)12;;/h4-5H,2,6-8H2,1H3;1H3;/q2*-1;+1. The van der Waals surface area contributed by atoms with Crippen LogP contribution in [0.3, 0.4) is 0 Å². The second-order valence-corrected chi connectivity index (χ2v) is 3.43. The second kappa shape index (κ2) is 7.15. The fourth-order valence-electron chi connectivity index (χ4n) is 1.82. The van der Waals surface area contributed by atoms with Crippen molar-refractivity contribution < 1.29 is 55.8 Å². The number of halogens is 1. The van der Waals surface area contributed by atoms with Crippen LogP contribution in [0.5, 0.6) is 0 Å². The van der Waals surface area contributed by atoms with Gasteiger partial charge in [-0.2, -0.15) is 12.1 Å². The largest absolute Gasteiger partial charge is 1.00 e. The molecule has 1 aliphatic heterocycles. The minimum Gasteiger partial charge on any atom is -0.358 e. The fourth-order valence-corrected chi connectivity index (χ4v) is 1.82. The van der Waals surface area contributed by atoms with Gasteiger partial charge in [-0.05, 0) is 26.1 Å². The van der Waals surface area contributed by atoms with Crippen molar-refractivity contribution in [1.82, 2.24) is 4.90 Å². The first kappa shape index (κ1) is 15.7. The summed E-state index contributed by atoms with van der Waals surface area (Å²) in [6.45, 7) is 5.02. The third-order valence-electron chi connectivity index (χ3n) is 2.66. The summed E-state index contributed by atoms with van der Waals surface area (Å²) >= 11 is 0. The molecule has 1 aromatic carbocycles. The summed E-state index contributed by atoms with van der Waals surface area (Å²) < 4.78 is 13.3. The Hall–Kier alpha value is 0.746. The molecule has 0 saturated heterocycles. The van der Waals surface area contributed by atoms with Crippen molar-refractivity contribution in [3.63, 3.8) is 0 Å². The van der Waals surface area contributed by atoms with Gasteiger partial charge in [0.05, 0.1) is 0 Å². The molecule has 1 heterocycles. The van der Waals surface area contributed by atoms with Gasteiger partial charge in [-0.15, -0.1) is 17.2 Å². The van der Waals surface area contributed by atoms with Crippen molar-refractivity contribution in [2.75, 3.05) is 13.1 Å². The molecular formula is C12H16FKN-. The summed E-state index contributed by atoms with van der Waals surface area (Å²) in [5.41, 5.74) is 2.00. The molecule has 15 heavy (non-hydrogen) atoms. The van der Waals surface area contributed by atoms with E-state index in [4.69, 9.17) is 0 Å². The van der Waals surface area contributed by atoms with E-state index in [-0.39, 0.29) is 64.6 Å². The molecule has 2 rings (SSSR count). The second-order valence-electron chi connectivity index (χ2n) is 3.43. The predicted octanol–water partition coefficient (Wildman–Crippen LogP) is -0.542. The maximum atomic E-state index is 13.3. The van der Waals surface area contributed by atoms with E-state index in [0.29, 0.717) is 0 Å². The van der Waals surface area contributed by atoms with E-state index in [0.717, 1.165) is 37.2 Å². The van der Waals surface area contributed by atoms with E-state index in [1.807, 2.05) is 6.07 Å². The molecular weight excluding hydrogens is 216 g/mol. The smallest absolute Gasteiger partial charge is 0.358 e. The summed E-state index contributed by atoms with van der Waals surface area (Å²) in [6, 6.07) is 6.17. The zero-order chi connectivity index (χ0) is 9.26. The molecule has 78 valence electrons. The number of hydrogen-bond acceptors (Lipinski definition) is 1. The monoisotopic (exact) mass is 232 g/mol. The van der Waals surface area contributed by atoms with Crippen LogP contribution in [0.4, 0.5) is 4.39 Å². The maximum Gasteiger partial charge on any atom is 1.00 e. The SMILES string of the molecule is CCN1CCc2c(F)c[c-]cc2C1.[CH3-].[K+]. The van der Waals surface area contributed by atoms with Gasteiger partial charge in [0.25, 0.3) is 0 Å². The van der Waals surface area contributed by atoms with Crippen molar-refractivity contribution in [3.05, 3.63) is 42.6 Å². The quantitative estimate of drug-likeness (QED) is 0.464. The Morgan fingerprint density at radius 3 is 2.87 bits per heavy atom. The van der Waals surface area contributed by atoms with Crippen LogP contribution in [0.1, 0.15) is 18.1 Å². The molecule has 1 aliphatic rings. The summed E-state index contributed by atoms with van der Waals surface area (Å²) in [4.78, 5) is 2.32. The number of fused-ring (bicyclic) bond motifs is 1. The molecule has 0 bridgehead atoms. The zero-order valence-electron chi connectivity index (χ0n) is 9.81. The number of hydrogen-bond donors (Lipinski definition) is 0. The molecule has 1 nitrogen and oxygen atoms in total. The van der Waals surface area contributed by atoms with Gasteiger partial charge >= 0.3 is 51.4 Å². The first-order chi connectivity index (χ1) is 6.31. The molecule has 0 radical (unpaired) electrons. The minimum atomic E-state index is -0.0896. The average molecular weight is 232 g/mol. The van der Waals surface area contributed by atoms with Gasteiger partial charge in [0.1, 0.15) is 0 Å². The van der Waals surface area contributed by atoms with Crippen molar-refractivity contribution in [2.45, 2.75) is 19.9 Å². The van der Waals surface area contributed by atoms with Gasteiger partial charge < -0.3 is 12.3 Å². The Morgan fingerprint density at radius 1 is 1.47 bits per heavy atom. The minimum absolute atomic E-state index is 0. The van der Waals surface area contributed by atoms with E-state index in [9.17, 15) is 4.39 Å². The van der Waals surface area contributed by atoms with Crippen LogP contribution in [-0.4, -0.2) is 18.0 Å². The molecule has 0 aliphatic carbocycles. The number of benzene rings is 1. The first-order valence-electron chi connectivity index (χ1n) is 4.71. The number of likely N-dealkylation sites (N-methyl/N-ethyl adjacent to an activating group) is 1. The van der Waals surface area contributed by atoms with Gasteiger partial charge in [-0.1, -0.05) is 6.92 Å². The Kier molecular flexibility index (Phi) is 7.50. The van der Waals surface area contributed by atoms with Crippen molar-refractivity contribution >= 4 is 0 Å². The predicted molar refractivity (Wildman–Crippen MR) is 56.3 cm³/mol. The van der Waals surface area contributed by atoms with Crippen molar-refractivity contribution in [3.8, 4) is 0 Å². The molecule has 0 amide bonds. The fraction of sp³-hybridized carbons (Fsp3) is 0.417. The summed E-state index contributed by atoms with van der Waals surface area (Å²) in [7, 11) is 0. The third kappa shape index (κ3) is 3.61. The normalized spacial score (nSPS) is 14.8. The van der Waals surface area contributed by atoms with Crippen LogP contribution in [0.2, 0.25) is 0 Å². The summed E-state index contributed by atoms with van der Waals surface area (Å²) in [5, 5.41) is 0. The van der Waals surface area contributed by atoms with Crippen molar-refractivity contribution in [1.29, 1.82) is 0 Å². The Bertz CT molecular complexity index is 314. The zero-order valence-corrected chi connectivity index (χ0v) is 12.9. The first-order valence-corrected chi connectivity index (χ1v) is 4.71. The Labute approximate surface area is 134 Å². The van der Waals surface area contributed by atoms with E-state index < -0.39 is 0 Å². The molecule has 3 heteroatoms. The summed E-state index contributed by atoms with van der Waals surface area (Å²) in [5.74, 6) is -0.0896. The molecule has 0 saturated carbocycles. The van der Waals surface area contributed by atoms with Gasteiger partial charge in [0.2, 0.25) is 0 Å². The van der Waals surface area contributed by atoms with Crippen LogP contribution in [0.15, 0.2) is 12.1 Å². The molecule has 0 aromatic heterocycles. The Balaban J connectivity index is 0.000000980. The Morgan fingerprint density at radius 2 is 2.20 bits per heavy atom. The van der Waals surface area contributed by atoms with Crippen LogP contribution in [0, 0.1) is 19.3 Å². The molecule has 1 aromatic rings. The van der Waals surface area contributed by atoms with Gasteiger partial charge in [-0.25, -0.2) is 0 Å². The number of rotatable bonds is 1. The van der Waals surface area contributed by atoms with E-state index in [1.54, 1.807) is 0 Å². The van der Waals surface area contributed by atoms with Gasteiger partial charge in [-0.3, -0.25) is 4.39 Å². The summed E-state index contributed by atoms with van der Waals surface area (Å²) in [6.07, 6.45) is 0.837. The molecule has 0 fully saturated rings. The molecule has 0 spiro atoms. The van der Waals surface area contributed by atoms with Crippen LogP contribution in [-0.2, 0) is 13.0 Å². The van der Waals surface area contributed by atoms with E-state index in [1.165, 1.54) is 6.07 Å². The van der Waals surface area contributed by atoms with E-state index in [2.05, 4.69) is 17.9 Å². The number of nitrogens with zero attached hydrogens (tertiary/aromatic N) is 1. The van der Waals surface area contributed by atoms with Crippen molar-refractivity contribution in [2.24, 2.45) is 0 Å². The van der Waals surface area contributed by atoms with Crippen LogP contribution < -0.4 is 51.4 Å². The van der Waals surface area contributed by atoms with Crippen LogP contribution in [0.25, 0.3) is 0 Å². The molecule has 0 unspecified atom stereocenters. The molecule has 0 N–H and O–H groups in total. The van der Waals surface area contributed by atoms with Gasteiger partial charge in [0, 0.05) is 5.82 Å². The van der Waals surface area contributed by atoms with Crippen LogP contribution >= 0.6 is 0 Å². The van der Waals surface area contributed by atoms with E-state index >= 15 is 0 Å². The topological polar surface area (TPSA) is 3.24 Å². The maximum absolute atomic E-state index is 13.3. The molecule has 0 atom stereocenters. The average Bonchev–Trinajstić information content (AvgIpc) is 2.18. The van der Waals surface area contributed by atoms with Gasteiger partial charge in [0.15, 0.2) is 0 Å².